The van der Waals surface area contributed by atoms with Gasteiger partial charge in [-0.2, -0.15) is 0 Å². The highest BCUT2D eigenvalue weighted by atomic mass is 32.2. The molecule has 0 aromatic heterocycles. The maximum atomic E-state index is 11.5. The zero-order chi connectivity index (χ0) is 13.6. The van der Waals surface area contributed by atoms with E-state index < -0.39 is 5.60 Å². The molecule has 1 fully saturated rings. The largest absolute Gasteiger partial charge is 0.459 e. The smallest absolute Gasteiger partial charge is 0.316 e. The standard InChI is InChI=1S/C14H26O3S/c1-14(2,3)17-13(16)10-18-9-12(15)8-11-6-4-5-7-11/h11-12,15H,4-10H2,1-3H3. The lowest BCUT2D eigenvalue weighted by atomic mass is 10.0. The normalized spacial score (nSPS) is 18.9. The zero-order valence-electron chi connectivity index (χ0n) is 11.8. The highest BCUT2D eigenvalue weighted by molar-refractivity contribution is 7.99. The van der Waals surface area contributed by atoms with Crippen LogP contribution in [-0.2, 0) is 9.53 Å². The van der Waals surface area contributed by atoms with Gasteiger partial charge in [0, 0.05) is 5.75 Å². The molecule has 0 radical (unpaired) electrons. The molecule has 106 valence electrons. The molecule has 18 heavy (non-hydrogen) atoms. The van der Waals surface area contributed by atoms with E-state index >= 15 is 0 Å². The Hall–Kier alpha value is -0.220. The van der Waals surface area contributed by atoms with Crippen LogP contribution in [0.5, 0.6) is 0 Å². The van der Waals surface area contributed by atoms with Gasteiger partial charge in [0.2, 0.25) is 0 Å². The highest BCUT2D eigenvalue weighted by Gasteiger charge is 2.20. The molecule has 1 saturated carbocycles. The van der Waals surface area contributed by atoms with E-state index in [-0.39, 0.29) is 12.1 Å². The van der Waals surface area contributed by atoms with E-state index in [1.54, 1.807) is 0 Å². The summed E-state index contributed by atoms with van der Waals surface area (Å²) in [6, 6.07) is 0. The Morgan fingerprint density at radius 3 is 2.56 bits per heavy atom. The second-order valence-electron chi connectivity index (χ2n) is 6.14. The second-order valence-corrected chi connectivity index (χ2v) is 7.17. The second kappa shape index (κ2) is 7.39. The minimum atomic E-state index is -0.417. The quantitative estimate of drug-likeness (QED) is 0.756. The van der Waals surface area contributed by atoms with Crippen LogP contribution in [-0.4, -0.2) is 34.3 Å². The van der Waals surface area contributed by atoms with Crippen LogP contribution >= 0.6 is 11.8 Å². The van der Waals surface area contributed by atoms with Gasteiger partial charge < -0.3 is 9.84 Å². The number of thioether (sulfide) groups is 1. The van der Waals surface area contributed by atoms with E-state index in [1.807, 2.05) is 20.8 Å². The van der Waals surface area contributed by atoms with Crippen molar-refractivity contribution in [2.45, 2.75) is 64.6 Å². The lowest BCUT2D eigenvalue weighted by Gasteiger charge is -2.19. The van der Waals surface area contributed by atoms with Gasteiger partial charge in [-0.05, 0) is 33.1 Å². The van der Waals surface area contributed by atoms with E-state index in [0.717, 1.165) is 6.42 Å². The first-order valence-electron chi connectivity index (χ1n) is 6.84. The Morgan fingerprint density at radius 1 is 1.39 bits per heavy atom. The summed E-state index contributed by atoms with van der Waals surface area (Å²) in [5.74, 6) is 1.47. The van der Waals surface area contributed by atoms with Gasteiger partial charge in [0.25, 0.3) is 0 Å². The van der Waals surface area contributed by atoms with Gasteiger partial charge in [-0.15, -0.1) is 11.8 Å². The predicted molar refractivity (Wildman–Crippen MR) is 75.8 cm³/mol. The molecule has 1 atom stereocenters. The maximum absolute atomic E-state index is 11.5. The minimum Gasteiger partial charge on any atom is -0.459 e. The monoisotopic (exact) mass is 274 g/mol. The fourth-order valence-corrected chi connectivity index (χ4v) is 3.10. The number of aliphatic hydroxyl groups is 1. The van der Waals surface area contributed by atoms with Gasteiger partial charge in [-0.25, -0.2) is 0 Å². The Morgan fingerprint density at radius 2 is 2.00 bits per heavy atom. The summed E-state index contributed by atoms with van der Waals surface area (Å²) >= 11 is 1.47. The number of esters is 1. The number of ether oxygens (including phenoxy) is 1. The first-order valence-corrected chi connectivity index (χ1v) is 8.00. The van der Waals surface area contributed by atoms with Gasteiger partial charge >= 0.3 is 5.97 Å². The first-order chi connectivity index (χ1) is 8.37. The van der Waals surface area contributed by atoms with Crippen molar-refractivity contribution in [3.8, 4) is 0 Å². The predicted octanol–water partition coefficient (Wildman–Crippen LogP) is 3.00. The fraction of sp³-hybridized carbons (Fsp3) is 0.929. The number of carbonyl (C=O) groups excluding carboxylic acids is 1. The van der Waals surface area contributed by atoms with Crippen molar-refractivity contribution in [1.82, 2.24) is 0 Å². The maximum Gasteiger partial charge on any atom is 0.316 e. The summed E-state index contributed by atoms with van der Waals surface area (Å²) in [5, 5.41) is 9.88. The molecule has 0 spiro atoms. The average Bonchev–Trinajstić information content (AvgIpc) is 2.67. The van der Waals surface area contributed by atoms with Crippen LogP contribution in [0.25, 0.3) is 0 Å². The number of hydrogen-bond donors (Lipinski definition) is 1. The average molecular weight is 274 g/mol. The third kappa shape index (κ3) is 7.27. The summed E-state index contributed by atoms with van der Waals surface area (Å²) < 4.78 is 5.21. The molecule has 1 N–H and O–H groups in total. The van der Waals surface area contributed by atoms with Crippen LogP contribution in [0, 0.1) is 5.92 Å². The topological polar surface area (TPSA) is 46.5 Å². The lowest BCUT2D eigenvalue weighted by molar-refractivity contribution is -0.151. The van der Waals surface area contributed by atoms with Crippen LogP contribution in [0.3, 0.4) is 0 Å². The number of rotatable bonds is 6. The molecule has 0 aliphatic heterocycles. The molecule has 1 aliphatic rings. The fourth-order valence-electron chi connectivity index (χ4n) is 2.35. The van der Waals surface area contributed by atoms with Crippen molar-refractivity contribution in [3.05, 3.63) is 0 Å². The van der Waals surface area contributed by atoms with Crippen LogP contribution in [0.1, 0.15) is 52.9 Å². The third-order valence-corrected chi connectivity index (χ3v) is 4.09. The molecule has 1 rings (SSSR count). The van der Waals surface area contributed by atoms with Crippen molar-refractivity contribution in [3.63, 3.8) is 0 Å². The molecule has 0 saturated heterocycles. The van der Waals surface area contributed by atoms with Gasteiger partial charge in [-0.1, -0.05) is 25.7 Å². The summed E-state index contributed by atoms with van der Waals surface area (Å²) in [4.78, 5) is 11.5. The SMILES string of the molecule is CC(C)(C)OC(=O)CSCC(O)CC1CCCC1. The molecular formula is C14H26O3S. The summed E-state index contributed by atoms with van der Waals surface area (Å²) in [5.41, 5.74) is -0.417. The minimum absolute atomic E-state index is 0.194. The third-order valence-electron chi connectivity index (χ3n) is 3.03. The van der Waals surface area contributed by atoms with Crippen molar-refractivity contribution in [1.29, 1.82) is 0 Å². The Bertz CT molecular complexity index is 254. The Kier molecular flexibility index (Phi) is 6.50. The van der Waals surface area contributed by atoms with Crippen LogP contribution in [0.4, 0.5) is 0 Å². The summed E-state index contributed by atoms with van der Waals surface area (Å²) in [6.45, 7) is 5.60. The summed E-state index contributed by atoms with van der Waals surface area (Å²) in [7, 11) is 0. The number of carbonyl (C=O) groups is 1. The number of hydrogen-bond acceptors (Lipinski definition) is 4. The first kappa shape index (κ1) is 15.8. The molecule has 0 aromatic rings. The van der Waals surface area contributed by atoms with Crippen molar-refractivity contribution >= 4 is 17.7 Å². The molecule has 0 amide bonds. The van der Waals surface area contributed by atoms with Crippen molar-refractivity contribution in [2.24, 2.45) is 5.92 Å². The van der Waals surface area contributed by atoms with Crippen molar-refractivity contribution < 1.29 is 14.6 Å². The van der Waals surface area contributed by atoms with Crippen molar-refractivity contribution in [2.75, 3.05) is 11.5 Å². The van der Waals surface area contributed by atoms with E-state index in [2.05, 4.69) is 0 Å². The molecule has 1 aliphatic carbocycles. The lowest BCUT2D eigenvalue weighted by Crippen LogP contribution is -2.25. The van der Waals surface area contributed by atoms with E-state index in [1.165, 1.54) is 37.4 Å². The van der Waals surface area contributed by atoms with Crippen LogP contribution in [0.15, 0.2) is 0 Å². The molecule has 1 unspecified atom stereocenters. The van der Waals surface area contributed by atoms with Gasteiger partial charge in [0.05, 0.1) is 11.9 Å². The number of aliphatic hydroxyl groups excluding tert-OH is 1. The van der Waals surface area contributed by atoms with E-state index in [4.69, 9.17) is 4.74 Å². The van der Waals surface area contributed by atoms with E-state index in [0.29, 0.717) is 17.4 Å². The van der Waals surface area contributed by atoms with Gasteiger partial charge in [-0.3, -0.25) is 4.79 Å². The molecule has 3 nitrogen and oxygen atoms in total. The Labute approximate surface area is 115 Å². The molecule has 4 heteroatoms. The molecule has 0 heterocycles. The van der Waals surface area contributed by atoms with Gasteiger partial charge in [0.1, 0.15) is 5.60 Å². The van der Waals surface area contributed by atoms with Gasteiger partial charge in [0.15, 0.2) is 0 Å². The van der Waals surface area contributed by atoms with E-state index in [9.17, 15) is 9.90 Å². The molecule has 0 bridgehead atoms. The Balaban J connectivity index is 2.07. The van der Waals surface area contributed by atoms with Crippen LogP contribution in [0.2, 0.25) is 0 Å². The summed E-state index contributed by atoms with van der Waals surface area (Å²) in [6.07, 6.45) is 5.74. The molecular weight excluding hydrogens is 248 g/mol. The highest BCUT2D eigenvalue weighted by Crippen LogP contribution is 2.29. The zero-order valence-corrected chi connectivity index (χ0v) is 12.6. The molecule has 0 aromatic carbocycles. The van der Waals surface area contributed by atoms with Crippen LogP contribution < -0.4 is 0 Å².